The summed E-state index contributed by atoms with van der Waals surface area (Å²) in [6.07, 6.45) is 0. The van der Waals surface area contributed by atoms with Gasteiger partial charge in [-0.1, -0.05) is 97.1 Å². The smallest absolute Gasteiger partial charge is 0.0473 e. The molecule has 4 aromatic rings. The van der Waals surface area contributed by atoms with Crippen LogP contribution < -0.4 is 5.73 Å². The van der Waals surface area contributed by atoms with Crippen LogP contribution in [-0.2, 0) is 0 Å². The van der Waals surface area contributed by atoms with Crippen molar-refractivity contribution in [3.05, 3.63) is 103 Å². The molecule has 0 spiro atoms. The fourth-order valence-corrected chi connectivity index (χ4v) is 3.18. The molecule has 0 atom stereocenters. The van der Waals surface area contributed by atoms with Gasteiger partial charge in [-0.2, -0.15) is 0 Å². The van der Waals surface area contributed by atoms with Crippen LogP contribution in [0.3, 0.4) is 0 Å². The van der Waals surface area contributed by atoms with Crippen LogP contribution in [0, 0.1) is 0 Å². The zero-order chi connectivity index (χ0) is 17.1. The minimum Gasteiger partial charge on any atom is -0.398 e. The van der Waals surface area contributed by atoms with Gasteiger partial charge < -0.3 is 5.73 Å². The molecule has 0 saturated carbocycles. The summed E-state index contributed by atoms with van der Waals surface area (Å²) in [4.78, 5) is 0. The molecule has 2 N–H and O–H groups in total. The van der Waals surface area contributed by atoms with Gasteiger partial charge in [-0.3, -0.25) is 0 Å². The molecule has 0 fully saturated rings. The zero-order valence-electron chi connectivity index (χ0n) is 13.9. The van der Waals surface area contributed by atoms with E-state index in [0.29, 0.717) is 0 Å². The van der Waals surface area contributed by atoms with Gasteiger partial charge in [-0.25, -0.2) is 0 Å². The Labute approximate surface area is 148 Å². The number of benzene rings is 4. The number of nitrogens with two attached hydrogens (primary N) is 1. The van der Waals surface area contributed by atoms with Crippen LogP contribution in [0.1, 0.15) is 0 Å². The number of hydrogen-bond acceptors (Lipinski definition) is 1. The third-order valence-electron chi connectivity index (χ3n) is 4.47. The fourth-order valence-electron chi connectivity index (χ4n) is 3.18. The van der Waals surface area contributed by atoms with Crippen LogP contribution in [0.15, 0.2) is 103 Å². The Bertz CT molecular complexity index is 989. The lowest BCUT2D eigenvalue weighted by molar-refractivity contribution is 1.57. The Hall–Kier alpha value is -3.32. The van der Waals surface area contributed by atoms with Crippen LogP contribution in [0.25, 0.3) is 33.4 Å². The highest BCUT2D eigenvalue weighted by Gasteiger charge is 2.09. The number of hydrogen-bond donors (Lipinski definition) is 1. The molecule has 120 valence electrons. The lowest BCUT2D eigenvalue weighted by atomic mass is 9.94. The summed E-state index contributed by atoms with van der Waals surface area (Å²) in [6, 6.07) is 35.5. The molecule has 0 radical (unpaired) electrons. The second kappa shape index (κ2) is 6.66. The Morgan fingerprint density at radius 2 is 0.880 bits per heavy atom. The second-order valence-electron chi connectivity index (χ2n) is 6.08. The minimum atomic E-state index is 0.818. The second-order valence-corrected chi connectivity index (χ2v) is 6.08. The Morgan fingerprint density at radius 1 is 0.400 bits per heavy atom. The first kappa shape index (κ1) is 15.2. The maximum Gasteiger partial charge on any atom is 0.0473 e. The standard InChI is InChI=1S/C24H19N/c25-24-22(19-11-5-2-6-12-19)15-8-16-23(24)21-14-7-13-20(17-21)18-9-3-1-4-10-18/h1-17H,25H2. The highest BCUT2D eigenvalue weighted by molar-refractivity contribution is 5.89. The maximum atomic E-state index is 6.54. The molecular formula is C24H19N. The Balaban J connectivity index is 1.81. The molecule has 0 amide bonds. The molecule has 4 rings (SSSR count). The van der Waals surface area contributed by atoms with Gasteiger partial charge in [0.15, 0.2) is 0 Å². The van der Waals surface area contributed by atoms with Gasteiger partial charge >= 0.3 is 0 Å². The summed E-state index contributed by atoms with van der Waals surface area (Å²) in [6.45, 7) is 0. The van der Waals surface area contributed by atoms with E-state index in [1.807, 2.05) is 24.3 Å². The third-order valence-corrected chi connectivity index (χ3v) is 4.47. The molecule has 0 unspecified atom stereocenters. The number of rotatable bonds is 3. The normalized spacial score (nSPS) is 10.6. The van der Waals surface area contributed by atoms with Crippen molar-refractivity contribution < 1.29 is 0 Å². The summed E-state index contributed by atoms with van der Waals surface area (Å²) in [5, 5.41) is 0. The highest BCUT2D eigenvalue weighted by Crippen LogP contribution is 2.35. The van der Waals surface area contributed by atoms with Crippen LogP contribution in [-0.4, -0.2) is 0 Å². The zero-order valence-corrected chi connectivity index (χ0v) is 13.9. The molecule has 0 bridgehead atoms. The van der Waals surface area contributed by atoms with Gasteiger partial charge in [0.25, 0.3) is 0 Å². The molecule has 0 heterocycles. The van der Waals surface area contributed by atoms with Gasteiger partial charge in [0.1, 0.15) is 0 Å². The first-order chi connectivity index (χ1) is 12.3. The summed E-state index contributed by atoms with van der Waals surface area (Å²) < 4.78 is 0. The van der Waals surface area contributed by atoms with E-state index < -0.39 is 0 Å². The lowest BCUT2D eigenvalue weighted by Crippen LogP contribution is -1.94. The predicted molar refractivity (Wildman–Crippen MR) is 107 cm³/mol. The predicted octanol–water partition coefficient (Wildman–Crippen LogP) is 6.27. The Morgan fingerprint density at radius 3 is 1.56 bits per heavy atom. The van der Waals surface area contributed by atoms with Crippen molar-refractivity contribution in [1.29, 1.82) is 0 Å². The fraction of sp³-hybridized carbons (Fsp3) is 0. The minimum absolute atomic E-state index is 0.818. The van der Waals surface area contributed by atoms with Gasteiger partial charge in [0, 0.05) is 16.8 Å². The molecular weight excluding hydrogens is 302 g/mol. The SMILES string of the molecule is Nc1c(-c2ccccc2)cccc1-c1cccc(-c2ccccc2)c1. The van der Waals surface area contributed by atoms with E-state index in [1.54, 1.807) is 0 Å². The average molecular weight is 321 g/mol. The van der Waals surface area contributed by atoms with Gasteiger partial charge in [0.2, 0.25) is 0 Å². The summed E-state index contributed by atoms with van der Waals surface area (Å²) in [7, 11) is 0. The first-order valence-corrected chi connectivity index (χ1v) is 8.43. The van der Waals surface area contributed by atoms with Crippen molar-refractivity contribution in [2.75, 3.05) is 5.73 Å². The number of anilines is 1. The van der Waals surface area contributed by atoms with Crippen molar-refractivity contribution in [2.24, 2.45) is 0 Å². The van der Waals surface area contributed by atoms with Crippen molar-refractivity contribution >= 4 is 5.69 Å². The van der Waals surface area contributed by atoms with Crippen molar-refractivity contribution in [3.63, 3.8) is 0 Å². The van der Waals surface area contributed by atoms with E-state index in [2.05, 4.69) is 78.9 Å². The molecule has 0 aromatic heterocycles. The molecule has 0 aliphatic heterocycles. The number of nitrogen functional groups attached to an aromatic ring is 1. The van der Waals surface area contributed by atoms with E-state index in [4.69, 9.17) is 5.73 Å². The van der Waals surface area contributed by atoms with Crippen LogP contribution in [0.2, 0.25) is 0 Å². The van der Waals surface area contributed by atoms with E-state index in [0.717, 1.165) is 27.9 Å². The monoisotopic (exact) mass is 321 g/mol. The third kappa shape index (κ3) is 3.05. The Kier molecular flexibility index (Phi) is 4.05. The summed E-state index contributed by atoms with van der Waals surface area (Å²) >= 11 is 0. The van der Waals surface area contributed by atoms with Gasteiger partial charge in [-0.15, -0.1) is 0 Å². The first-order valence-electron chi connectivity index (χ1n) is 8.43. The van der Waals surface area contributed by atoms with Gasteiger partial charge in [-0.05, 0) is 28.3 Å². The highest BCUT2D eigenvalue weighted by atomic mass is 14.6. The average Bonchev–Trinajstić information content (AvgIpc) is 2.70. The molecule has 0 aliphatic carbocycles. The summed E-state index contributed by atoms with van der Waals surface area (Å²) in [5.41, 5.74) is 14.2. The van der Waals surface area contributed by atoms with E-state index in [-0.39, 0.29) is 0 Å². The molecule has 25 heavy (non-hydrogen) atoms. The quantitative estimate of drug-likeness (QED) is 0.442. The van der Waals surface area contributed by atoms with Crippen LogP contribution in [0.4, 0.5) is 5.69 Å². The van der Waals surface area contributed by atoms with Crippen LogP contribution >= 0.6 is 0 Å². The summed E-state index contributed by atoms with van der Waals surface area (Å²) in [5.74, 6) is 0. The van der Waals surface area contributed by atoms with Crippen molar-refractivity contribution in [3.8, 4) is 33.4 Å². The van der Waals surface area contributed by atoms with E-state index in [9.17, 15) is 0 Å². The van der Waals surface area contributed by atoms with E-state index in [1.165, 1.54) is 11.1 Å². The topological polar surface area (TPSA) is 26.0 Å². The molecule has 1 heteroatoms. The maximum absolute atomic E-state index is 6.54. The number of para-hydroxylation sites is 1. The molecule has 1 nitrogen and oxygen atoms in total. The van der Waals surface area contributed by atoms with Crippen molar-refractivity contribution in [1.82, 2.24) is 0 Å². The van der Waals surface area contributed by atoms with Crippen molar-refractivity contribution in [2.45, 2.75) is 0 Å². The van der Waals surface area contributed by atoms with Gasteiger partial charge in [0.05, 0.1) is 0 Å². The molecule has 0 saturated heterocycles. The van der Waals surface area contributed by atoms with E-state index >= 15 is 0 Å². The lowest BCUT2D eigenvalue weighted by Gasteiger charge is -2.13. The van der Waals surface area contributed by atoms with Crippen LogP contribution in [0.5, 0.6) is 0 Å². The molecule has 4 aromatic carbocycles. The largest absolute Gasteiger partial charge is 0.398 e. The molecule has 0 aliphatic rings.